The zero-order valence-electron chi connectivity index (χ0n) is 12.2. The fourth-order valence-corrected chi connectivity index (χ4v) is 2.53. The molecule has 1 N–H and O–H groups in total. The average Bonchev–Trinajstić information content (AvgIpc) is 2.52. The molecule has 0 aromatic heterocycles. The van der Waals surface area contributed by atoms with Gasteiger partial charge in [0, 0.05) is 13.0 Å². The molecule has 21 heavy (non-hydrogen) atoms. The van der Waals surface area contributed by atoms with E-state index in [0.29, 0.717) is 32.6 Å². The van der Waals surface area contributed by atoms with Crippen LogP contribution in [0.1, 0.15) is 35.7 Å². The molecule has 1 aliphatic heterocycles. The van der Waals surface area contributed by atoms with Crippen molar-refractivity contribution < 1.29 is 19.4 Å². The summed E-state index contributed by atoms with van der Waals surface area (Å²) in [6, 6.07) is 6.87. The van der Waals surface area contributed by atoms with Gasteiger partial charge in [0.2, 0.25) is 5.91 Å². The van der Waals surface area contributed by atoms with Crippen LogP contribution in [-0.4, -0.2) is 47.7 Å². The number of carbonyl (C=O) groups excluding carboxylic acids is 1. The average molecular weight is 291 g/mol. The van der Waals surface area contributed by atoms with Gasteiger partial charge in [-0.15, -0.1) is 0 Å². The summed E-state index contributed by atoms with van der Waals surface area (Å²) in [4.78, 5) is 25.0. The molecule has 1 aliphatic rings. The van der Waals surface area contributed by atoms with Crippen molar-refractivity contribution >= 4 is 11.9 Å². The molecular weight excluding hydrogens is 270 g/mol. The molecule has 1 heterocycles. The SMILES string of the molecule is CCC1COCCN1C(=O)CCc1ccc(C(=O)O)cc1. The lowest BCUT2D eigenvalue weighted by molar-refractivity contribution is -0.139. The van der Waals surface area contributed by atoms with E-state index in [2.05, 4.69) is 6.92 Å². The van der Waals surface area contributed by atoms with Crippen LogP contribution in [0.4, 0.5) is 0 Å². The molecule has 1 amide bonds. The van der Waals surface area contributed by atoms with Gasteiger partial charge in [0.1, 0.15) is 0 Å². The third-order valence-electron chi connectivity index (χ3n) is 3.85. The monoisotopic (exact) mass is 291 g/mol. The number of nitrogens with zero attached hydrogens (tertiary/aromatic N) is 1. The van der Waals surface area contributed by atoms with Gasteiger partial charge in [0.15, 0.2) is 0 Å². The Morgan fingerprint density at radius 3 is 2.67 bits per heavy atom. The Bertz CT molecular complexity index is 498. The van der Waals surface area contributed by atoms with Crippen LogP contribution in [0.3, 0.4) is 0 Å². The van der Waals surface area contributed by atoms with Crippen molar-refractivity contribution in [3.63, 3.8) is 0 Å². The predicted molar refractivity (Wildman–Crippen MR) is 78.3 cm³/mol. The molecular formula is C16H21NO4. The Hall–Kier alpha value is -1.88. The number of carbonyl (C=O) groups is 2. The predicted octanol–water partition coefficient (Wildman–Crippen LogP) is 1.95. The van der Waals surface area contributed by atoms with Gasteiger partial charge in [-0.3, -0.25) is 4.79 Å². The molecule has 5 heteroatoms. The van der Waals surface area contributed by atoms with Gasteiger partial charge in [-0.2, -0.15) is 0 Å². The number of benzene rings is 1. The Morgan fingerprint density at radius 1 is 1.33 bits per heavy atom. The van der Waals surface area contributed by atoms with Crippen molar-refractivity contribution in [2.45, 2.75) is 32.2 Å². The van der Waals surface area contributed by atoms with Gasteiger partial charge in [-0.1, -0.05) is 19.1 Å². The van der Waals surface area contributed by atoms with E-state index in [0.717, 1.165) is 12.0 Å². The topological polar surface area (TPSA) is 66.8 Å². The number of hydrogen-bond acceptors (Lipinski definition) is 3. The van der Waals surface area contributed by atoms with E-state index in [1.165, 1.54) is 0 Å². The van der Waals surface area contributed by atoms with Crippen LogP contribution in [0.15, 0.2) is 24.3 Å². The highest BCUT2D eigenvalue weighted by atomic mass is 16.5. The molecule has 0 bridgehead atoms. The maximum Gasteiger partial charge on any atom is 0.335 e. The summed E-state index contributed by atoms with van der Waals surface area (Å²) in [7, 11) is 0. The number of aromatic carboxylic acids is 1. The first-order valence-electron chi connectivity index (χ1n) is 7.31. The molecule has 0 saturated carbocycles. The molecule has 114 valence electrons. The first-order chi connectivity index (χ1) is 10.1. The summed E-state index contributed by atoms with van der Waals surface area (Å²) in [5.41, 5.74) is 1.25. The lowest BCUT2D eigenvalue weighted by Gasteiger charge is -2.35. The number of carboxylic acid groups (broad SMARTS) is 1. The molecule has 1 saturated heterocycles. The highest BCUT2D eigenvalue weighted by Gasteiger charge is 2.25. The number of morpholine rings is 1. The van der Waals surface area contributed by atoms with Crippen LogP contribution in [0, 0.1) is 0 Å². The number of amides is 1. The van der Waals surface area contributed by atoms with Gasteiger partial charge in [-0.25, -0.2) is 4.79 Å². The number of ether oxygens (including phenoxy) is 1. The smallest absolute Gasteiger partial charge is 0.335 e. The van der Waals surface area contributed by atoms with E-state index < -0.39 is 5.97 Å². The second-order valence-corrected chi connectivity index (χ2v) is 5.23. The summed E-state index contributed by atoms with van der Waals surface area (Å²) in [5, 5.41) is 8.85. The number of aryl methyl sites for hydroxylation is 1. The fraction of sp³-hybridized carbons (Fsp3) is 0.500. The highest BCUT2D eigenvalue weighted by molar-refractivity contribution is 5.87. The van der Waals surface area contributed by atoms with Gasteiger partial charge in [0.05, 0.1) is 24.8 Å². The van der Waals surface area contributed by atoms with E-state index >= 15 is 0 Å². The van der Waals surface area contributed by atoms with Crippen molar-refractivity contribution in [1.29, 1.82) is 0 Å². The van der Waals surface area contributed by atoms with Crippen LogP contribution in [-0.2, 0) is 16.0 Å². The largest absolute Gasteiger partial charge is 0.478 e. The Balaban J connectivity index is 1.89. The molecule has 1 unspecified atom stereocenters. The summed E-state index contributed by atoms with van der Waals surface area (Å²) >= 11 is 0. The van der Waals surface area contributed by atoms with E-state index in [1.807, 2.05) is 4.90 Å². The zero-order valence-corrected chi connectivity index (χ0v) is 12.2. The lowest BCUT2D eigenvalue weighted by Crippen LogP contribution is -2.48. The maximum absolute atomic E-state index is 12.3. The van der Waals surface area contributed by atoms with Crippen LogP contribution in [0.2, 0.25) is 0 Å². The Morgan fingerprint density at radius 2 is 2.05 bits per heavy atom. The molecule has 0 aliphatic carbocycles. The highest BCUT2D eigenvalue weighted by Crippen LogP contribution is 2.14. The summed E-state index contributed by atoms with van der Waals surface area (Å²) in [6.07, 6.45) is 1.98. The van der Waals surface area contributed by atoms with E-state index in [1.54, 1.807) is 24.3 Å². The summed E-state index contributed by atoms with van der Waals surface area (Å²) < 4.78 is 5.40. The minimum atomic E-state index is -0.934. The first kappa shape index (κ1) is 15.5. The third kappa shape index (κ3) is 4.04. The van der Waals surface area contributed by atoms with Gasteiger partial charge >= 0.3 is 5.97 Å². The molecule has 1 aromatic carbocycles. The van der Waals surface area contributed by atoms with Gasteiger partial charge < -0.3 is 14.7 Å². The Labute approximate surface area is 124 Å². The van der Waals surface area contributed by atoms with Crippen LogP contribution in [0.25, 0.3) is 0 Å². The molecule has 0 radical (unpaired) electrons. The second kappa shape index (κ2) is 7.22. The van der Waals surface area contributed by atoms with Crippen LogP contribution in [0.5, 0.6) is 0 Å². The van der Waals surface area contributed by atoms with Gasteiger partial charge in [-0.05, 0) is 30.5 Å². The first-order valence-corrected chi connectivity index (χ1v) is 7.31. The molecule has 1 fully saturated rings. The zero-order chi connectivity index (χ0) is 15.2. The number of hydrogen-bond donors (Lipinski definition) is 1. The van der Waals surface area contributed by atoms with Crippen molar-refractivity contribution in [2.75, 3.05) is 19.8 Å². The van der Waals surface area contributed by atoms with E-state index in [9.17, 15) is 9.59 Å². The quantitative estimate of drug-likeness (QED) is 0.900. The summed E-state index contributed by atoms with van der Waals surface area (Å²) in [5.74, 6) is -0.788. The van der Waals surface area contributed by atoms with E-state index in [-0.39, 0.29) is 17.5 Å². The molecule has 5 nitrogen and oxygen atoms in total. The molecule has 2 rings (SSSR count). The van der Waals surface area contributed by atoms with Crippen LogP contribution < -0.4 is 0 Å². The normalized spacial score (nSPS) is 18.5. The molecule has 1 aromatic rings. The standard InChI is InChI=1S/C16H21NO4/c1-2-14-11-21-10-9-17(14)15(18)8-5-12-3-6-13(7-4-12)16(19)20/h3-4,6-7,14H,2,5,8-11H2,1H3,(H,19,20). The molecule has 1 atom stereocenters. The fourth-order valence-electron chi connectivity index (χ4n) is 2.53. The molecule has 0 spiro atoms. The minimum Gasteiger partial charge on any atom is -0.478 e. The van der Waals surface area contributed by atoms with Gasteiger partial charge in [0.25, 0.3) is 0 Å². The third-order valence-corrected chi connectivity index (χ3v) is 3.85. The van der Waals surface area contributed by atoms with Crippen molar-refractivity contribution in [1.82, 2.24) is 4.90 Å². The maximum atomic E-state index is 12.3. The number of rotatable bonds is 5. The van der Waals surface area contributed by atoms with Crippen molar-refractivity contribution in [3.05, 3.63) is 35.4 Å². The van der Waals surface area contributed by atoms with Crippen LogP contribution >= 0.6 is 0 Å². The number of carboxylic acids is 1. The lowest BCUT2D eigenvalue weighted by atomic mass is 10.1. The minimum absolute atomic E-state index is 0.146. The van der Waals surface area contributed by atoms with Crippen molar-refractivity contribution in [3.8, 4) is 0 Å². The van der Waals surface area contributed by atoms with E-state index in [4.69, 9.17) is 9.84 Å². The Kier molecular flexibility index (Phi) is 5.33. The second-order valence-electron chi connectivity index (χ2n) is 5.23. The summed E-state index contributed by atoms with van der Waals surface area (Å²) in [6.45, 7) is 3.95. The van der Waals surface area contributed by atoms with Crippen molar-refractivity contribution in [2.24, 2.45) is 0 Å².